The van der Waals surface area contributed by atoms with E-state index in [0.29, 0.717) is 0 Å². The zero-order chi connectivity index (χ0) is 10.7. The normalized spacial score (nSPS) is 10.4. The lowest BCUT2D eigenvalue weighted by Gasteiger charge is -2.18. The van der Waals surface area contributed by atoms with Crippen LogP contribution in [0.4, 0.5) is 5.82 Å². The molecule has 0 spiro atoms. The quantitative estimate of drug-likeness (QED) is 0.486. The SMILES string of the molecule is CCN(C)c1nc(SC)nc(C)c1I. The monoisotopic (exact) mass is 323 g/mol. The minimum atomic E-state index is 0.846. The molecular formula is C9H14IN3S. The molecule has 0 saturated heterocycles. The summed E-state index contributed by atoms with van der Waals surface area (Å²) in [5, 5.41) is 0.846. The van der Waals surface area contributed by atoms with Crippen molar-refractivity contribution in [2.75, 3.05) is 24.7 Å². The van der Waals surface area contributed by atoms with E-state index in [1.807, 2.05) is 20.2 Å². The highest BCUT2D eigenvalue weighted by Gasteiger charge is 2.11. The molecule has 0 aromatic carbocycles. The van der Waals surface area contributed by atoms with Gasteiger partial charge >= 0.3 is 0 Å². The van der Waals surface area contributed by atoms with Gasteiger partial charge in [-0.3, -0.25) is 0 Å². The standard InChI is InChI=1S/C9H14IN3S/c1-5-13(3)8-7(10)6(2)11-9(12-8)14-4/h5H2,1-4H3. The molecule has 1 heterocycles. The van der Waals surface area contributed by atoms with Crippen molar-refractivity contribution in [3.63, 3.8) is 0 Å². The van der Waals surface area contributed by atoms with Crippen LogP contribution >= 0.6 is 34.4 Å². The minimum Gasteiger partial charge on any atom is -0.359 e. The molecule has 0 fully saturated rings. The van der Waals surface area contributed by atoms with Gasteiger partial charge in [0, 0.05) is 13.6 Å². The second-order valence-electron chi connectivity index (χ2n) is 2.95. The van der Waals surface area contributed by atoms with Crippen LogP contribution in [0.2, 0.25) is 0 Å². The van der Waals surface area contributed by atoms with E-state index < -0.39 is 0 Å². The molecule has 0 aliphatic heterocycles. The van der Waals surface area contributed by atoms with E-state index in [0.717, 1.165) is 26.8 Å². The summed E-state index contributed by atoms with van der Waals surface area (Å²) in [5.74, 6) is 1.03. The van der Waals surface area contributed by atoms with Crippen LogP contribution in [-0.2, 0) is 0 Å². The average Bonchev–Trinajstić information content (AvgIpc) is 2.20. The highest BCUT2D eigenvalue weighted by molar-refractivity contribution is 14.1. The molecule has 3 nitrogen and oxygen atoms in total. The Kier molecular flexibility index (Phi) is 4.43. The maximum Gasteiger partial charge on any atom is 0.189 e. The van der Waals surface area contributed by atoms with Crippen LogP contribution < -0.4 is 4.90 Å². The predicted molar refractivity (Wildman–Crippen MR) is 70.2 cm³/mol. The molecule has 0 radical (unpaired) electrons. The molecule has 0 N–H and O–H groups in total. The number of rotatable bonds is 3. The van der Waals surface area contributed by atoms with Crippen molar-refractivity contribution in [2.24, 2.45) is 0 Å². The topological polar surface area (TPSA) is 29.0 Å². The van der Waals surface area contributed by atoms with Crippen LogP contribution in [0.15, 0.2) is 5.16 Å². The van der Waals surface area contributed by atoms with Crippen LogP contribution in [-0.4, -0.2) is 29.8 Å². The van der Waals surface area contributed by atoms with E-state index in [1.165, 1.54) is 0 Å². The zero-order valence-corrected chi connectivity index (χ0v) is 11.8. The molecular weight excluding hydrogens is 309 g/mol. The number of anilines is 1. The van der Waals surface area contributed by atoms with E-state index in [9.17, 15) is 0 Å². The Morgan fingerprint density at radius 1 is 1.43 bits per heavy atom. The molecule has 0 aliphatic carbocycles. The Bertz CT molecular complexity index is 330. The lowest BCUT2D eigenvalue weighted by Crippen LogP contribution is -2.19. The largest absolute Gasteiger partial charge is 0.359 e. The van der Waals surface area contributed by atoms with Gasteiger partial charge in [0.05, 0.1) is 9.26 Å². The molecule has 14 heavy (non-hydrogen) atoms. The Hall–Kier alpha value is -0.0400. The Labute approximate surface area is 103 Å². The molecule has 0 atom stereocenters. The number of aryl methyl sites for hydroxylation is 1. The fourth-order valence-electron chi connectivity index (χ4n) is 1.01. The van der Waals surface area contributed by atoms with Crippen molar-refractivity contribution in [2.45, 2.75) is 19.0 Å². The van der Waals surface area contributed by atoms with Crippen molar-refractivity contribution < 1.29 is 0 Å². The summed E-state index contributed by atoms with van der Waals surface area (Å²) in [6.45, 7) is 5.10. The van der Waals surface area contributed by atoms with Crippen LogP contribution in [0.1, 0.15) is 12.6 Å². The Balaban J connectivity index is 3.20. The minimum absolute atomic E-state index is 0.846. The Morgan fingerprint density at radius 3 is 2.57 bits per heavy atom. The van der Waals surface area contributed by atoms with Gasteiger partial charge in [-0.15, -0.1) is 0 Å². The van der Waals surface area contributed by atoms with Crippen LogP contribution in [0.5, 0.6) is 0 Å². The summed E-state index contributed by atoms with van der Waals surface area (Å²) in [5.41, 5.74) is 1.06. The van der Waals surface area contributed by atoms with Gasteiger partial charge in [-0.1, -0.05) is 11.8 Å². The molecule has 0 saturated carbocycles. The van der Waals surface area contributed by atoms with E-state index in [1.54, 1.807) is 11.8 Å². The molecule has 1 aromatic heterocycles. The maximum absolute atomic E-state index is 4.49. The second-order valence-corrected chi connectivity index (χ2v) is 4.80. The molecule has 1 aromatic rings. The highest BCUT2D eigenvalue weighted by Crippen LogP contribution is 2.24. The van der Waals surface area contributed by atoms with Crippen LogP contribution in [0, 0.1) is 10.5 Å². The van der Waals surface area contributed by atoms with E-state index in [4.69, 9.17) is 0 Å². The molecule has 5 heteroatoms. The third-order valence-corrected chi connectivity index (χ3v) is 3.81. The number of halogens is 1. The predicted octanol–water partition coefficient (Wildman–Crippen LogP) is 2.57. The van der Waals surface area contributed by atoms with Gasteiger partial charge in [0.2, 0.25) is 0 Å². The zero-order valence-electron chi connectivity index (χ0n) is 8.83. The fourth-order valence-corrected chi connectivity index (χ4v) is 2.07. The summed E-state index contributed by atoms with van der Waals surface area (Å²) < 4.78 is 1.14. The second kappa shape index (κ2) is 5.16. The first-order valence-corrected chi connectivity index (χ1v) is 6.69. The van der Waals surface area contributed by atoms with Gasteiger partial charge in [0.25, 0.3) is 0 Å². The first kappa shape index (κ1) is 12.0. The summed E-state index contributed by atoms with van der Waals surface area (Å²) >= 11 is 3.88. The number of nitrogens with zero attached hydrogens (tertiary/aromatic N) is 3. The molecule has 0 unspecified atom stereocenters. The van der Waals surface area contributed by atoms with Gasteiger partial charge in [0.15, 0.2) is 5.16 Å². The van der Waals surface area contributed by atoms with Gasteiger partial charge in [-0.2, -0.15) is 0 Å². The number of aromatic nitrogens is 2. The van der Waals surface area contributed by atoms with E-state index in [-0.39, 0.29) is 0 Å². The summed E-state index contributed by atoms with van der Waals surface area (Å²) in [6.07, 6.45) is 2.00. The van der Waals surface area contributed by atoms with Gasteiger partial charge in [-0.25, -0.2) is 9.97 Å². The molecule has 78 valence electrons. The maximum atomic E-state index is 4.49. The first-order chi connectivity index (χ1) is 6.60. The first-order valence-electron chi connectivity index (χ1n) is 4.39. The number of hydrogen-bond acceptors (Lipinski definition) is 4. The van der Waals surface area contributed by atoms with Crippen molar-refractivity contribution in [1.29, 1.82) is 0 Å². The third kappa shape index (κ3) is 2.50. The third-order valence-electron chi connectivity index (χ3n) is 2.00. The van der Waals surface area contributed by atoms with Gasteiger partial charge in [0.1, 0.15) is 5.82 Å². The summed E-state index contributed by atoms with van der Waals surface area (Å²) in [6, 6.07) is 0. The number of hydrogen-bond donors (Lipinski definition) is 0. The molecule has 0 amide bonds. The molecule has 0 bridgehead atoms. The van der Waals surface area contributed by atoms with Crippen LogP contribution in [0.25, 0.3) is 0 Å². The van der Waals surface area contributed by atoms with Gasteiger partial charge < -0.3 is 4.90 Å². The van der Waals surface area contributed by atoms with Crippen molar-refractivity contribution >= 4 is 40.2 Å². The molecule has 1 rings (SSSR count). The van der Waals surface area contributed by atoms with Crippen LogP contribution in [0.3, 0.4) is 0 Å². The van der Waals surface area contributed by atoms with Crippen molar-refractivity contribution in [3.8, 4) is 0 Å². The van der Waals surface area contributed by atoms with E-state index >= 15 is 0 Å². The van der Waals surface area contributed by atoms with Crippen molar-refractivity contribution in [3.05, 3.63) is 9.26 Å². The Morgan fingerprint density at radius 2 is 2.07 bits per heavy atom. The number of thioether (sulfide) groups is 1. The van der Waals surface area contributed by atoms with Gasteiger partial charge in [-0.05, 0) is 42.7 Å². The van der Waals surface area contributed by atoms with Crippen molar-refractivity contribution in [1.82, 2.24) is 9.97 Å². The average molecular weight is 323 g/mol. The highest BCUT2D eigenvalue weighted by atomic mass is 127. The molecule has 0 aliphatic rings. The summed E-state index contributed by atoms with van der Waals surface area (Å²) in [4.78, 5) is 11.0. The smallest absolute Gasteiger partial charge is 0.189 e. The lowest BCUT2D eigenvalue weighted by atomic mass is 10.4. The lowest BCUT2D eigenvalue weighted by molar-refractivity contribution is 0.857. The van der Waals surface area contributed by atoms with E-state index in [2.05, 4.69) is 44.4 Å². The summed E-state index contributed by atoms with van der Waals surface area (Å²) in [7, 11) is 2.05. The fraction of sp³-hybridized carbons (Fsp3) is 0.556.